The summed E-state index contributed by atoms with van der Waals surface area (Å²) in [6.45, 7) is 10.9. The van der Waals surface area contributed by atoms with Gasteiger partial charge in [0.1, 0.15) is 0 Å². The number of pyridine rings is 1. The maximum atomic E-state index is 10.1. The lowest BCUT2D eigenvalue weighted by molar-refractivity contribution is 0.280. The van der Waals surface area contributed by atoms with Gasteiger partial charge in [0.15, 0.2) is 0 Å². The highest BCUT2D eigenvalue weighted by Gasteiger charge is 2.22. The highest BCUT2D eigenvalue weighted by molar-refractivity contribution is 7.08. The van der Waals surface area contributed by atoms with Gasteiger partial charge in [0, 0.05) is 16.8 Å². The first-order chi connectivity index (χ1) is 11.5. The van der Waals surface area contributed by atoms with E-state index in [1.54, 1.807) is 11.3 Å². The molecule has 130 valence electrons. The van der Waals surface area contributed by atoms with E-state index in [0.29, 0.717) is 5.92 Å². The van der Waals surface area contributed by atoms with Crippen molar-refractivity contribution >= 4 is 17.4 Å². The van der Waals surface area contributed by atoms with Crippen LogP contribution in [-0.2, 0) is 6.61 Å². The predicted molar refractivity (Wildman–Crippen MR) is 106 cm³/mol. The van der Waals surface area contributed by atoms with Crippen molar-refractivity contribution in [2.75, 3.05) is 0 Å². The van der Waals surface area contributed by atoms with E-state index in [2.05, 4.69) is 63.6 Å². The van der Waals surface area contributed by atoms with Crippen LogP contribution in [0.25, 0.3) is 17.2 Å². The third kappa shape index (κ3) is 3.96. The van der Waals surface area contributed by atoms with Crippen molar-refractivity contribution in [3.63, 3.8) is 0 Å². The number of rotatable bonds is 7. The Kier molecular flexibility index (Phi) is 6.76. The van der Waals surface area contributed by atoms with Crippen LogP contribution in [0, 0.1) is 0 Å². The molecule has 0 atom stereocenters. The molecule has 2 heterocycles. The van der Waals surface area contributed by atoms with Gasteiger partial charge in [-0.1, -0.05) is 53.2 Å². The summed E-state index contributed by atoms with van der Waals surface area (Å²) in [6.07, 6.45) is 6.63. The lowest BCUT2D eigenvalue weighted by Gasteiger charge is -2.22. The van der Waals surface area contributed by atoms with Gasteiger partial charge in [-0.15, -0.1) is 0 Å². The molecule has 2 rings (SSSR count). The summed E-state index contributed by atoms with van der Waals surface area (Å²) in [4.78, 5) is 4.98. The highest BCUT2D eigenvalue weighted by atomic mass is 32.1. The predicted octanol–water partition coefficient (Wildman–Crippen LogP) is 6.36. The minimum atomic E-state index is 0.0265. The first kappa shape index (κ1) is 18.9. The monoisotopic (exact) mass is 343 g/mol. The Labute approximate surface area is 150 Å². The Morgan fingerprint density at radius 1 is 1.17 bits per heavy atom. The van der Waals surface area contributed by atoms with Gasteiger partial charge < -0.3 is 5.11 Å². The molecule has 1 N–H and O–H groups in total. The molecule has 2 nitrogen and oxygen atoms in total. The Bertz CT molecular complexity index is 684. The molecule has 2 aromatic heterocycles. The number of unbranched alkanes of at least 4 members (excludes halogenated alkanes) is 1. The average Bonchev–Trinajstić information content (AvgIpc) is 3.07. The molecule has 0 saturated heterocycles. The molecule has 0 aliphatic carbocycles. The van der Waals surface area contributed by atoms with Crippen molar-refractivity contribution in [1.82, 2.24) is 4.98 Å². The fourth-order valence-corrected chi connectivity index (χ4v) is 3.67. The van der Waals surface area contributed by atoms with E-state index >= 15 is 0 Å². The van der Waals surface area contributed by atoms with Gasteiger partial charge >= 0.3 is 0 Å². The van der Waals surface area contributed by atoms with Crippen molar-refractivity contribution in [1.29, 1.82) is 0 Å². The van der Waals surface area contributed by atoms with Crippen LogP contribution in [0.3, 0.4) is 0 Å². The van der Waals surface area contributed by atoms with Crippen LogP contribution in [0.2, 0.25) is 0 Å². The zero-order chi connectivity index (χ0) is 17.7. The summed E-state index contributed by atoms with van der Waals surface area (Å²) < 4.78 is 0. The minimum absolute atomic E-state index is 0.0265. The Balaban J connectivity index is 2.82. The molecule has 0 fully saturated rings. The van der Waals surface area contributed by atoms with Crippen molar-refractivity contribution in [2.24, 2.45) is 0 Å². The first-order valence-corrected chi connectivity index (χ1v) is 9.82. The lowest BCUT2D eigenvalue weighted by atomic mass is 9.88. The van der Waals surface area contributed by atoms with E-state index in [1.807, 2.05) is 0 Å². The number of nitrogens with zero attached hydrogens (tertiary/aromatic N) is 1. The standard InChI is InChI=1S/C21H29NOS/c1-6-7-8-9-17-19(16-10-11-24-13-16)18(12-23)21(15(4)5)22-20(17)14(2)3/h8-11,13-15,23H,6-7,12H2,1-5H3/b9-8+. The van der Waals surface area contributed by atoms with E-state index in [1.165, 1.54) is 11.1 Å². The maximum absolute atomic E-state index is 10.1. The molecule has 0 spiro atoms. The largest absolute Gasteiger partial charge is 0.392 e. The molecule has 0 radical (unpaired) electrons. The number of aliphatic hydroxyl groups is 1. The normalized spacial score (nSPS) is 12.0. The summed E-state index contributed by atoms with van der Waals surface area (Å²) in [5.74, 6) is 0.629. The Morgan fingerprint density at radius 2 is 1.88 bits per heavy atom. The van der Waals surface area contributed by atoms with E-state index in [4.69, 9.17) is 4.98 Å². The Hall–Kier alpha value is -1.45. The maximum Gasteiger partial charge on any atom is 0.0706 e. The van der Waals surface area contributed by atoms with Crippen LogP contribution < -0.4 is 0 Å². The number of hydrogen-bond donors (Lipinski definition) is 1. The number of thiophene rings is 1. The van der Waals surface area contributed by atoms with E-state index < -0.39 is 0 Å². The van der Waals surface area contributed by atoms with Crippen LogP contribution in [-0.4, -0.2) is 10.1 Å². The molecule has 0 aliphatic heterocycles. The van der Waals surface area contributed by atoms with Gasteiger partial charge in [-0.25, -0.2) is 0 Å². The second-order valence-corrected chi connectivity index (χ2v) is 7.60. The van der Waals surface area contributed by atoms with Gasteiger partial charge in [-0.05, 0) is 46.2 Å². The van der Waals surface area contributed by atoms with E-state index in [0.717, 1.165) is 35.4 Å². The third-order valence-corrected chi connectivity index (χ3v) is 4.88. The van der Waals surface area contributed by atoms with Crippen LogP contribution in [0.4, 0.5) is 0 Å². The van der Waals surface area contributed by atoms with Crippen molar-refractivity contribution in [2.45, 2.75) is 65.9 Å². The van der Waals surface area contributed by atoms with Crippen LogP contribution in [0.5, 0.6) is 0 Å². The average molecular weight is 344 g/mol. The molecule has 0 aliphatic rings. The topological polar surface area (TPSA) is 33.1 Å². The van der Waals surface area contributed by atoms with Crippen molar-refractivity contribution < 1.29 is 5.11 Å². The van der Waals surface area contributed by atoms with Crippen molar-refractivity contribution in [3.8, 4) is 11.1 Å². The molecular weight excluding hydrogens is 314 g/mol. The summed E-state index contributed by atoms with van der Waals surface area (Å²) in [7, 11) is 0. The second kappa shape index (κ2) is 8.59. The van der Waals surface area contributed by atoms with Gasteiger partial charge in [-0.2, -0.15) is 11.3 Å². The molecule has 3 heteroatoms. The number of aromatic nitrogens is 1. The summed E-state index contributed by atoms with van der Waals surface area (Å²) >= 11 is 1.69. The fourth-order valence-electron chi connectivity index (χ4n) is 3.03. The van der Waals surface area contributed by atoms with Gasteiger partial charge in [0.2, 0.25) is 0 Å². The third-order valence-electron chi connectivity index (χ3n) is 4.20. The molecule has 0 saturated carbocycles. The molecule has 0 aromatic carbocycles. The smallest absolute Gasteiger partial charge is 0.0706 e. The van der Waals surface area contributed by atoms with Crippen LogP contribution >= 0.6 is 11.3 Å². The molecular formula is C21H29NOS. The number of allylic oxidation sites excluding steroid dienone is 1. The quantitative estimate of drug-likeness (QED) is 0.634. The summed E-state index contributed by atoms with van der Waals surface area (Å²) in [5, 5.41) is 14.4. The van der Waals surface area contributed by atoms with Crippen molar-refractivity contribution in [3.05, 3.63) is 45.4 Å². The van der Waals surface area contributed by atoms with Gasteiger partial charge in [0.05, 0.1) is 12.3 Å². The highest BCUT2D eigenvalue weighted by Crippen LogP contribution is 2.38. The fraction of sp³-hybridized carbons (Fsp3) is 0.476. The molecule has 0 amide bonds. The summed E-state index contributed by atoms with van der Waals surface area (Å²) in [5.41, 5.74) is 6.65. The minimum Gasteiger partial charge on any atom is -0.392 e. The lowest BCUT2D eigenvalue weighted by Crippen LogP contribution is -2.10. The zero-order valence-electron chi connectivity index (χ0n) is 15.5. The number of aliphatic hydroxyl groups excluding tert-OH is 1. The molecule has 0 bridgehead atoms. The second-order valence-electron chi connectivity index (χ2n) is 6.82. The van der Waals surface area contributed by atoms with E-state index in [-0.39, 0.29) is 12.5 Å². The van der Waals surface area contributed by atoms with Gasteiger partial charge in [0.25, 0.3) is 0 Å². The van der Waals surface area contributed by atoms with Crippen LogP contribution in [0.1, 0.15) is 81.8 Å². The molecule has 24 heavy (non-hydrogen) atoms. The SMILES string of the molecule is CCC/C=C/c1c(C(C)C)nc(C(C)C)c(CO)c1-c1ccsc1. The Morgan fingerprint density at radius 3 is 2.38 bits per heavy atom. The molecule has 0 unspecified atom stereocenters. The summed E-state index contributed by atoms with van der Waals surface area (Å²) in [6, 6.07) is 2.14. The molecule has 2 aromatic rings. The first-order valence-electron chi connectivity index (χ1n) is 8.87. The zero-order valence-corrected chi connectivity index (χ0v) is 16.3. The van der Waals surface area contributed by atoms with E-state index in [9.17, 15) is 5.11 Å². The van der Waals surface area contributed by atoms with Gasteiger partial charge in [-0.3, -0.25) is 4.98 Å². The number of hydrogen-bond acceptors (Lipinski definition) is 3. The van der Waals surface area contributed by atoms with Crippen LogP contribution in [0.15, 0.2) is 22.9 Å².